The van der Waals surface area contributed by atoms with E-state index in [1.165, 1.54) is 0 Å². The van der Waals surface area contributed by atoms with Gasteiger partial charge >= 0.3 is 0 Å². The summed E-state index contributed by atoms with van der Waals surface area (Å²) in [4.78, 5) is 16.3. The van der Waals surface area contributed by atoms with E-state index in [-0.39, 0.29) is 48.7 Å². The number of hydrogen-bond donors (Lipinski definition) is 2. The molecule has 1 aliphatic rings. The van der Waals surface area contributed by atoms with Gasteiger partial charge in [0.1, 0.15) is 0 Å². The molecule has 0 radical (unpaired) electrons. The number of carbonyl (C=O) groups is 1. The Morgan fingerprint density at radius 3 is 2.62 bits per heavy atom. The van der Waals surface area contributed by atoms with Crippen molar-refractivity contribution >= 4 is 30.7 Å². The van der Waals surface area contributed by atoms with Gasteiger partial charge in [-0.15, -0.1) is 24.8 Å². The summed E-state index contributed by atoms with van der Waals surface area (Å²) in [6, 6.07) is 4.18. The van der Waals surface area contributed by atoms with Crippen molar-refractivity contribution in [3.8, 4) is 0 Å². The molecule has 3 unspecified atom stereocenters. The van der Waals surface area contributed by atoms with Crippen LogP contribution in [0.3, 0.4) is 0 Å². The van der Waals surface area contributed by atoms with Gasteiger partial charge in [0.2, 0.25) is 5.91 Å². The Balaban J connectivity index is 0.00000200. The fourth-order valence-electron chi connectivity index (χ4n) is 2.77. The maximum atomic E-state index is 12.3. The Kier molecular flexibility index (Phi) is 9.58. The number of nitrogens with one attached hydrogen (secondary N) is 1. The summed E-state index contributed by atoms with van der Waals surface area (Å²) in [5.41, 5.74) is 7.07. The molecule has 21 heavy (non-hydrogen) atoms. The molecule has 0 aromatic carbocycles. The molecule has 120 valence electrons. The van der Waals surface area contributed by atoms with Crippen LogP contribution in [0.5, 0.6) is 0 Å². The first-order chi connectivity index (χ1) is 9.20. The summed E-state index contributed by atoms with van der Waals surface area (Å²) in [5.74, 6) is 0.235. The standard InChI is InChI=1S/C15H23N3O.2ClH/c1-2-14(11-6-8-17-9-7-11)18-15(19)12-4-3-5-13(16)10-12;;/h6-9,12-14H,2-5,10,16H2,1H3,(H,18,19);2*1H. The number of hydrogen-bond acceptors (Lipinski definition) is 3. The number of amides is 1. The number of rotatable bonds is 4. The van der Waals surface area contributed by atoms with Crippen LogP contribution >= 0.6 is 24.8 Å². The molecule has 0 bridgehead atoms. The quantitative estimate of drug-likeness (QED) is 0.889. The summed E-state index contributed by atoms with van der Waals surface area (Å²) in [6.07, 6.45) is 8.30. The molecular formula is C15H25Cl2N3O. The van der Waals surface area contributed by atoms with Crippen LogP contribution < -0.4 is 11.1 Å². The van der Waals surface area contributed by atoms with Crippen LogP contribution in [0.4, 0.5) is 0 Å². The van der Waals surface area contributed by atoms with Gasteiger partial charge in [-0.3, -0.25) is 9.78 Å². The van der Waals surface area contributed by atoms with Crippen LogP contribution in [0.1, 0.15) is 50.6 Å². The molecule has 1 fully saturated rings. The van der Waals surface area contributed by atoms with Crippen molar-refractivity contribution in [1.82, 2.24) is 10.3 Å². The van der Waals surface area contributed by atoms with E-state index in [9.17, 15) is 4.79 Å². The molecule has 0 saturated heterocycles. The van der Waals surface area contributed by atoms with Crippen molar-refractivity contribution in [3.05, 3.63) is 30.1 Å². The lowest BCUT2D eigenvalue weighted by Crippen LogP contribution is -2.39. The minimum Gasteiger partial charge on any atom is -0.349 e. The molecule has 3 N–H and O–H groups in total. The van der Waals surface area contributed by atoms with Crippen molar-refractivity contribution in [1.29, 1.82) is 0 Å². The van der Waals surface area contributed by atoms with Crippen LogP contribution in [-0.2, 0) is 4.79 Å². The Bertz CT molecular complexity index is 417. The van der Waals surface area contributed by atoms with E-state index in [1.54, 1.807) is 12.4 Å². The van der Waals surface area contributed by atoms with E-state index in [0.717, 1.165) is 37.7 Å². The van der Waals surface area contributed by atoms with E-state index in [4.69, 9.17) is 5.73 Å². The monoisotopic (exact) mass is 333 g/mol. The lowest BCUT2D eigenvalue weighted by Gasteiger charge is -2.27. The normalized spacial score (nSPS) is 22.4. The molecule has 1 saturated carbocycles. The number of nitrogens with zero attached hydrogens (tertiary/aromatic N) is 1. The van der Waals surface area contributed by atoms with E-state index >= 15 is 0 Å². The van der Waals surface area contributed by atoms with Crippen LogP contribution in [0.15, 0.2) is 24.5 Å². The van der Waals surface area contributed by atoms with Gasteiger partial charge < -0.3 is 11.1 Å². The lowest BCUT2D eigenvalue weighted by atomic mass is 9.85. The maximum Gasteiger partial charge on any atom is 0.223 e. The van der Waals surface area contributed by atoms with Crippen molar-refractivity contribution < 1.29 is 4.79 Å². The zero-order chi connectivity index (χ0) is 13.7. The maximum absolute atomic E-state index is 12.3. The second-order valence-electron chi connectivity index (χ2n) is 5.37. The minimum atomic E-state index is 0. The zero-order valence-electron chi connectivity index (χ0n) is 12.3. The summed E-state index contributed by atoms with van der Waals surface area (Å²) >= 11 is 0. The highest BCUT2D eigenvalue weighted by atomic mass is 35.5. The molecule has 1 amide bonds. The fourth-order valence-corrected chi connectivity index (χ4v) is 2.77. The molecule has 1 aliphatic carbocycles. The highest BCUT2D eigenvalue weighted by Gasteiger charge is 2.26. The molecule has 1 aromatic heterocycles. The summed E-state index contributed by atoms with van der Waals surface area (Å²) in [5, 5.41) is 3.15. The number of carbonyl (C=O) groups excluding carboxylic acids is 1. The smallest absolute Gasteiger partial charge is 0.223 e. The van der Waals surface area contributed by atoms with Crippen molar-refractivity contribution in [2.75, 3.05) is 0 Å². The predicted molar refractivity (Wildman–Crippen MR) is 89.8 cm³/mol. The topological polar surface area (TPSA) is 68.0 Å². The van der Waals surface area contributed by atoms with E-state index in [2.05, 4.69) is 17.2 Å². The Hall–Kier alpha value is -0.840. The zero-order valence-corrected chi connectivity index (χ0v) is 14.0. The summed E-state index contributed by atoms with van der Waals surface area (Å²) in [6.45, 7) is 2.08. The lowest BCUT2D eigenvalue weighted by molar-refractivity contribution is -0.126. The third-order valence-electron chi connectivity index (χ3n) is 3.92. The first-order valence-corrected chi connectivity index (χ1v) is 7.16. The van der Waals surface area contributed by atoms with Crippen LogP contribution in [-0.4, -0.2) is 16.9 Å². The van der Waals surface area contributed by atoms with Gasteiger partial charge in [-0.2, -0.15) is 0 Å². The second-order valence-corrected chi connectivity index (χ2v) is 5.37. The van der Waals surface area contributed by atoms with E-state index < -0.39 is 0 Å². The first-order valence-electron chi connectivity index (χ1n) is 7.16. The molecule has 4 nitrogen and oxygen atoms in total. The molecule has 6 heteroatoms. The van der Waals surface area contributed by atoms with Gasteiger partial charge in [0, 0.05) is 24.4 Å². The van der Waals surface area contributed by atoms with Gasteiger partial charge in [0.15, 0.2) is 0 Å². The number of nitrogens with two attached hydrogens (primary N) is 1. The molecular weight excluding hydrogens is 309 g/mol. The predicted octanol–water partition coefficient (Wildman–Crippen LogP) is 3.01. The first kappa shape index (κ1) is 20.2. The van der Waals surface area contributed by atoms with Gasteiger partial charge in [-0.1, -0.05) is 13.3 Å². The third kappa shape index (κ3) is 5.81. The number of halogens is 2. The van der Waals surface area contributed by atoms with Crippen LogP contribution in [0, 0.1) is 5.92 Å². The molecule has 2 rings (SSSR count). The SMILES string of the molecule is CCC(NC(=O)C1CCCC(N)C1)c1ccncc1.Cl.Cl. The number of aromatic nitrogens is 1. The molecule has 0 spiro atoms. The van der Waals surface area contributed by atoms with Crippen LogP contribution in [0.2, 0.25) is 0 Å². The second kappa shape index (κ2) is 9.98. The van der Waals surface area contributed by atoms with Gasteiger partial charge in [0.25, 0.3) is 0 Å². The van der Waals surface area contributed by atoms with Gasteiger partial charge in [-0.25, -0.2) is 0 Å². The average molecular weight is 334 g/mol. The number of pyridine rings is 1. The van der Waals surface area contributed by atoms with E-state index in [0.29, 0.717) is 0 Å². The molecule has 1 aromatic rings. The van der Waals surface area contributed by atoms with E-state index in [1.807, 2.05) is 12.1 Å². The minimum absolute atomic E-state index is 0. The van der Waals surface area contributed by atoms with Crippen LogP contribution in [0.25, 0.3) is 0 Å². The molecule has 0 aliphatic heterocycles. The molecule has 1 heterocycles. The van der Waals surface area contributed by atoms with Crippen molar-refractivity contribution in [3.63, 3.8) is 0 Å². The third-order valence-corrected chi connectivity index (χ3v) is 3.92. The highest BCUT2D eigenvalue weighted by molar-refractivity contribution is 5.85. The average Bonchev–Trinajstić information content (AvgIpc) is 2.45. The van der Waals surface area contributed by atoms with Gasteiger partial charge in [-0.05, 0) is 43.4 Å². The molecule has 3 atom stereocenters. The van der Waals surface area contributed by atoms with Crippen molar-refractivity contribution in [2.24, 2.45) is 11.7 Å². The van der Waals surface area contributed by atoms with Gasteiger partial charge in [0.05, 0.1) is 6.04 Å². The summed E-state index contributed by atoms with van der Waals surface area (Å²) in [7, 11) is 0. The highest BCUT2D eigenvalue weighted by Crippen LogP contribution is 2.25. The Morgan fingerprint density at radius 2 is 2.05 bits per heavy atom. The van der Waals surface area contributed by atoms with Crippen molar-refractivity contribution in [2.45, 2.75) is 51.1 Å². The Labute approximate surface area is 139 Å². The fraction of sp³-hybridized carbons (Fsp3) is 0.600. The largest absolute Gasteiger partial charge is 0.349 e. The Morgan fingerprint density at radius 1 is 1.38 bits per heavy atom. The summed E-state index contributed by atoms with van der Waals surface area (Å²) < 4.78 is 0.